The van der Waals surface area contributed by atoms with Crippen molar-refractivity contribution in [1.82, 2.24) is 10.2 Å². The van der Waals surface area contributed by atoms with Crippen molar-refractivity contribution in [1.29, 1.82) is 0 Å². The summed E-state index contributed by atoms with van der Waals surface area (Å²) >= 11 is 3.44. The molecule has 2 aromatic rings. The van der Waals surface area contributed by atoms with E-state index in [9.17, 15) is 9.59 Å². The summed E-state index contributed by atoms with van der Waals surface area (Å²) in [6.45, 7) is 10.1. The Hall–Kier alpha value is -2.14. The molecule has 1 atom stereocenters. The fourth-order valence-electron chi connectivity index (χ4n) is 2.99. The summed E-state index contributed by atoms with van der Waals surface area (Å²) in [6.07, 6.45) is 1.02. The van der Waals surface area contributed by atoms with Crippen molar-refractivity contribution in [3.63, 3.8) is 0 Å². The van der Waals surface area contributed by atoms with Crippen molar-refractivity contribution in [2.75, 3.05) is 0 Å². The maximum Gasteiger partial charge on any atom is 0.242 e. The highest BCUT2D eigenvalue weighted by Gasteiger charge is 2.28. The fourth-order valence-corrected chi connectivity index (χ4v) is 3.26. The molecular formula is C24H31BrN2O2. The lowest BCUT2D eigenvalue weighted by Gasteiger charge is -2.31. The van der Waals surface area contributed by atoms with Crippen LogP contribution in [0.2, 0.25) is 0 Å². The van der Waals surface area contributed by atoms with Gasteiger partial charge in [0.15, 0.2) is 0 Å². The molecule has 5 heteroatoms. The third-order valence-corrected chi connectivity index (χ3v) is 5.21. The standard InChI is InChI=1S/C24H31BrN2O2/c1-17-6-8-19(9-7-17)12-15-22(28)27(16-20-10-13-21(25)14-11-20)18(2)23(29)26-24(3,4)5/h6-11,13-14,18H,12,15-16H2,1-5H3,(H,26,29)/t18-/m1/s1. The summed E-state index contributed by atoms with van der Waals surface area (Å²) in [4.78, 5) is 27.5. The molecule has 0 aliphatic carbocycles. The molecule has 2 rings (SSSR count). The van der Waals surface area contributed by atoms with E-state index in [2.05, 4.69) is 45.5 Å². The molecule has 0 heterocycles. The summed E-state index contributed by atoms with van der Waals surface area (Å²) in [5, 5.41) is 2.99. The second-order valence-electron chi connectivity index (χ2n) is 8.55. The summed E-state index contributed by atoms with van der Waals surface area (Å²) in [5.74, 6) is -0.164. The minimum atomic E-state index is -0.552. The van der Waals surface area contributed by atoms with Gasteiger partial charge >= 0.3 is 0 Å². The molecule has 0 radical (unpaired) electrons. The Morgan fingerprint density at radius 3 is 2.10 bits per heavy atom. The summed E-state index contributed by atoms with van der Waals surface area (Å²) in [6, 6.07) is 15.5. The summed E-state index contributed by atoms with van der Waals surface area (Å²) < 4.78 is 0.983. The topological polar surface area (TPSA) is 49.4 Å². The number of aryl methyl sites for hydroxylation is 2. The van der Waals surface area contributed by atoms with Crippen LogP contribution in [0.5, 0.6) is 0 Å². The molecule has 0 aliphatic heterocycles. The van der Waals surface area contributed by atoms with E-state index in [1.54, 1.807) is 11.8 Å². The predicted molar refractivity (Wildman–Crippen MR) is 122 cm³/mol. The quantitative estimate of drug-likeness (QED) is 0.632. The van der Waals surface area contributed by atoms with Gasteiger partial charge in [-0.25, -0.2) is 0 Å². The molecule has 1 N–H and O–H groups in total. The van der Waals surface area contributed by atoms with Crippen molar-refractivity contribution >= 4 is 27.7 Å². The molecule has 4 nitrogen and oxygen atoms in total. The Labute approximate surface area is 182 Å². The molecular weight excluding hydrogens is 428 g/mol. The van der Waals surface area contributed by atoms with Gasteiger partial charge in [0.05, 0.1) is 0 Å². The van der Waals surface area contributed by atoms with Crippen molar-refractivity contribution in [2.24, 2.45) is 0 Å². The van der Waals surface area contributed by atoms with E-state index in [-0.39, 0.29) is 17.4 Å². The van der Waals surface area contributed by atoms with E-state index in [1.165, 1.54) is 5.56 Å². The van der Waals surface area contributed by atoms with Crippen LogP contribution in [0.25, 0.3) is 0 Å². The molecule has 0 saturated carbocycles. The molecule has 0 saturated heterocycles. The number of amides is 2. The van der Waals surface area contributed by atoms with Crippen LogP contribution in [0.4, 0.5) is 0 Å². The van der Waals surface area contributed by atoms with Crippen LogP contribution in [0.1, 0.15) is 50.8 Å². The van der Waals surface area contributed by atoms with Crippen molar-refractivity contribution in [3.8, 4) is 0 Å². The van der Waals surface area contributed by atoms with Gasteiger partial charge < -0.3 is 10.2 Å². The van der Waals surface area contributed by atoms with E-state index in [0.717, 1.165) is 15.6 Å². The number of carbonyl (C=O) groups excluding carboxylic acids is 2. The van der Waals surface area contributed by atoms with Crippen LogP contribution in [-0.4, -0.2) is 28.3 Å². The molecule has 29 heavy (non-hydrogen) atoms. The molecule has 0 aromatic heterocycles. The molecule has 156 valence electrons. The first kappa shape index (κ1) is 23.1. The smallest absolute Gasteiger partial charge is 0.242 e. The Balaban J connectivity index is 2.15. The highest BCUT2D eigenvalue weighted by atomic mass is 79.9. The van der Waals surface area contributed by atoms with Gasteiger partial charge in [-0.1, -0.05) is 57.9 Å². The molecule has 0 spiro atoms. The molecule has 0 aliphatic rings. The van der Waals surface area contributed by atoms with Gasteiger partial charge in [-0.2, -0.15) is 0 Å². The molecule has 2 amide bonds. The molecule has 2 aromatic carbocycles. The number of hydrogen-bond acceptors (Lipinski definition) is 2. The third-order valence-electron chi connectivity index (χ3n) is 4.68. The SMILES string of the molecule is Cc1ccc(CCC(=O)N(Cc2ccc(Br)cc2)[C@H](C)C(=O)NC(C)(C)C)cc1. The number of hydrogen-bond donors (Lipinski definition) is 1. The average molecular weight is 459 g/mol. The maximum atomic E-state index is 13.1. The van der Waals surface area contributed by atoms with Crippen LogP contribution < -0.4 is 5.32 Å². The largest absolute Gasteiger partial charge is 0.350 e. The van der Waals surface area contributed by atoms with Crippen LogP contribution in [0, 0.1) is 6.92 Å². The first-order valence-corrected chi connectivity index (χ1v) is 10.8. The van der Waals surface area contributed by atoms with Gasteiger partial charge in [-0.05, 0) is 64.3 Å². The summed E-state index contributed by atoms with van der Waals surface area (Å²) in [7, 11) is 0. The molecule has 0 fully saturated rings. The molecule has 0 bridgehead atoms. The third kappa shape index (κ3) is 7.65. The second-order valence-corrected chi connectivity index (χ2v) is 9.46. The Bertz CT molecular complexity index is 823. The number of carbonyl (C=O) groups is 2. The van der Waals surface area contributed by atoms with E-state index >= 15 is 0 Å². The number of nitrogens with one attached hydrogen (secondary N) is 1. The van der Waals surface area contributed by atoms with Gasteiger partial charge in [-0.15, -0.1) is 0 Å². The second kappa shape index (κ2) is 10.1. The number of benzene rings is 2. The Kier molecular flexibility index (Phi) is 8.03. The van der Waals surface area contributed by atoms with E-state index in [0.29, 0.717) is 19.4 Å². The van der Waals surface area contributed by atoms with Crippen LogP contribution in [-0.2, 0) is 22.6 Å². The highest BCUT2D eigenvalue weighted by molar-refractivity contribution is 9.10. The lowest BCUT2D eigenvalue weighted by Crippen LogP contribution is -2.52. The van der Waals surface area contributed by atoms with Gasteiger partial charge in [0.25, 0.3) is 0 Å². The van der Waals surface area contributed by atoms with Crippen LogP contribution >= 0.6 is 15.9 Å². The van der Waals surface area contributed by atoms with Crippen LogP contribution in [0.3, 0.4) is 0 Å². The number of halogens is 1. The monoisotopic (exact) mass is 458 g/mol. The van der Waals surface area contributed by atoms with Crippen molar-refractivity contribution in [2.45, 2.75) is 65.6 Å². The Morgan fingerprint density at radius 1 is 1.00 bits per heavy atom. The fraction of sp³-hybridized carbons (Fsp3) is 0.417. The van der Waals surface area contributed by atoms with Crippen molar-refractivity contribution < 1.29 is 9.59 Å². The Morgan fingerprint density at radius 2 is 1.55 bits per heavy atom. The minimum absolute atomic E-state index is 0.0231. The van der Waals surface area contributed by atoms with Gasteiger partial charge in [0, 0.05) is 23.0 Å². The normalized spacial score (nSPS) is 12.3. The molecule has 0 unspecified atom stereocenters. The summed E-state index contributed by atoms with van der Waals surface area (Å²) in [5.41, 5.74) is 2.97. The predicted octanol–water partition coefficient (Wildman–Crippen LogP) is 5.02. The van der Waals surface area contributed by atoms with Crippen molar-refractivity contribution in [3.05, 3.63) is 69.7 Å². The first-order valence-electron chi connectivity index (χ1n) is 9.96. The zero-order valence-corrected chi connectivity index (χ0v) is 19.5. The van der Waals surface area contributed by atoms with Crippen LogP contribution in [0.15, 0.2) is 53.0 Å². The highest BCUT2D eigenvalue weighted by Crippen LogP contribution is 2.16. The zero-order valence-electron chi connectivity index (χ0n) is 18.0. The number of rotatable bonds is 7. The zero-order chi connectivity index (χ0) is 21.6. The van der Waals surface area contributed by atoms with E-state index < -0.39 is 6.04 Å². The van der Waals surface area contributed by atoms with Gasteiger partial charge in [0.2, 0.25) is 11.8 Å². The number of nitrogens with zero attached hydrogens (tertiary/aromatic N) is 1. The minimum Gasteiger partial charge on any atom is -0.350 e. The first-order chi connectivity index (χ1) is 13.5. The lowest BCUT2D eigenvalue weighted by atomic mass is 10.1. The maximum absolute atomic E-state index is 13.1. The van der Waals surface area contributed by atoms with E-state index in [1.807, 2.05) is 52.0 Å². The van der Waals surface area contributed by atoms with E-state index in [4.69, 9.17) is 0 Å². The van der Waals surface area contributed by atoms with Gasteiger partial charge in [0.1, 0.15) is 6.04 Å². The van der Waals surface area contributed by atoms with Gasteiger partial charge in [-0.3, -0.25) is 9.59 Å². The lowest BCUT2D eigenvalue weighted by molar-refractivity contribution is -0.141. The average Bonchev–Trinajstić information content (AvgIpc) is 2.65.